The molecule has 5 rings (SSSR count). The third kappa shape index (κ3) is 4.22. The van der Waals surface area contributed by atoms with Gasteiger partial charge in [0, 0.05) is 5.41 Å². The summed E-state index contributed by atoms with van der Waals surface area (Å²) in [7, 11) is 0. The van der Waals surface area contributed by atoms with Crippen LogP contribution in [-0.2, 0) is 5.41 Å². The maximum absolute atomic E-state index is 2.57. The van der Waals surface area contributed by atoms with Gasteiger partial charge >= 0.3 is 0 Å². The second-order valence-corrected chi connectivity index (χ2v) is 10.8. The average molecular weight is 461 g/mol. The Morgan fingerprint density at radius 3 is 1.86 bits per heavy atom. The minimum Gasteiger partial charge on any atom is -0.0654 e. The molecule has 0 aliphatic heterocycles. The molecule has 1 aliphatic carbocycles. The van der Waals surface area contributed by atoms with Crippen LogP contribution in [0.2, 0.25) is 0 Å². The van der Waals surface area contributed by atoms with Gasteiger partial charge in [-0.05, 0) is 82.5 Å². The Kier molecular flexibility index (Phi) is 6.83. The maximum atomic E-state index is 2.57. The highest BCUT2D eigenvalue weighted by Crippen LogP contribution is 2.55. The second kappa shape index (κ2) is 10.0. The first kappa shape index (κ1) is 23.9. The quantitative estimate of drug-likeness (QED) is 0.218. The first-order valence-corrected chi connectivity index (χ1v) is 13.8. The molecule has 4 aromatic carbocycles. The smallest absolute Gasteiger partial charge is 0.0215 e. The summed E-state index contributed by atoms with van der Waals surface area (Å²) >= 11 is 0. The maximum Gasteiger partial charge on any atom is 0.0215 e. The van der Waals surface area contributed by atoms with Crippen molar-refractivity contribution in [3.8, 4) is 22.3 Å². The minimum absolute atomic E-state index is 0.136. The van der Waals surface area contributed by atoms with Crippen molar-refractivity contribution in [2.75, 3.05) is 0 Å². The Bertz CT molecular complexity index is 1330. The van der Waals surface area contributed by atoms with E-state index in [0.717, 1.165) is 0 Å². The van der Waals surface area contributed by atoms with E-state index in [0.29, 0.717) is 0 Å². The van der Waals surface area contributed by atoms with Crippen molar-refractivity contribution < 1.29 is 0 Å². The van der Waals surface area contributed by atoms with Crippen LogP contribution in [0.3, 0.4) is 0 Å². The first-order valence-electron chi connectivity index (χ1n) is 13.8. The van der Waals surface area contributed by atoms with Crippen LogP contribution in [0.5, 0.6) is 0 Å². The van der Waals surface area contributed by atoms with Crippen LogP contribution in [-0.4, -0.2) is 0 Å². The highest BCUT2D eigenvalue weighted by atomic mass is 14.4. The van der Waals surface area contributed by atoms with E-state index in [1.54, 1.807) is 11.1 Å². The molecular weight excluding hydrogens is 420 g/mol. The molecule has 0 nitrogen and oxygen atoms in total. The molecule has 1 aliphatic rings. The number of fused-ring (bicyclic) bond motifs is 4. The lowest BCUT2D eigenvalue weighted by Gasteiger charge is -2.33. The molecule has 0 fully saturated rings. The van der Waals surface area contributed by atoms with Crippen molar-refractivity contribution in [3.05, 3.63) is 95.1 Å². The molecule has 0 N–H and O–H groups in total. The van der Waals surface area contributed by atoms with Gasteiger partial charge in [-0.15, -0.1) is 0 Å². The van der Waals surface area contributed by atoms with E-state index in [1.807, 2.05) is 0 Å². The van der Waals surface area contributed by atoms with Gasteiger partial charge in [-0.3, -0.25) is 0 Å². The van der Waals surface area contributed by atoms with Gasteiger partial charge in [0.25, 0.3) is 0 Å². The topological polar surface area (TPSA) is 0 Å². The highest BCUT2D eigenvalue weighted by Gasteiger charge is 2.42. The fourth-order valence-corrected chi connectivity index (χ4v) is 6.50. The second-order valence-electron chi connectivity index (χ2n) is 10.8. The predicted molar refractivity (Wildman–Crippen MR) is 153 cm³/mol. The van der Waals surface area contributed by atoms with E-state index >= 15 is 0 Å². The molecule has 4 aromatic rings. The summed E-state index contributed by atoms with van der Waals surface area (Å²) in [4.78, 5) is 0. The number of benzene rings is 4. The van der Waals surface area contributed by atoms with Gasteiger partial charge < -0.3 is 0 Å². The van der Waals surface area contributed by atoms with Gasteiger partial charge in [-0.2, -0.15) is 0 Å². The normalized spacial score (nSPS) is 13.7. The molecule has 0 amide bonds. The summed E-state index contributed by atoms with van der Waals surface area (Å²) in [6, 6.07) is 28.1. The van der Waals surface area contributed by atoms with Crippen LogP contribution in [0.4, 0.5) is 0 Å². The summed E-state index contributed by atoms with van der Waals surface area (Å²) in [5.41, 5.74) is 11.7. The SMILES string of the molecule is CCCCCC1(CCCCC)c2cc(C)ccc2-c2ccc(-c3ccc(C)c4ccccc34)cc21. The van der Waals surface area contributed by atoms with E-state index in [2.05, 4.69) is 100 Å². The molecule has 180 valence electrons. The third-order valence-electron chi connectivity index (χ3n) is 8.38. The molecule has 0 unspecified atom stereocenters. The standard InChI is InChI=1S/C35H40/c1-5-7-11-21-35(22-12-8-6-2)33-23-25(3)15-18-31(33)32-20-17-27(24-34(32)35)29-19-16-26(4)28-13-9-10-14-30(28)29/h9-10,13-20,23-24H,5-8,11-12,21-22H2,1-4H3. The van der Waals surface area contributed by atoms with Crippen molar-refractivity contribution in [1.82, 2.24) is 0 Å². The molecule has 0 heteroatoms. The molecule has 0 bridgehead atoms. The zero-order valence-electron chi connectivity index (χ0n) is 22.1. The van der Waals surface area contributed by atoms with Crippen molar-refractivity contribution in [1.29, 1.82) is 0 Å². The van der Waals surface area contributed by atoms with Gasteiger partial charge in [0.2, 0.25) is 0 Å². The monoisotopic (exact) mass is 460 g/mol. The van der Waals surface area contributed by atoms with Crippen LogP contribution in [0.15, 0.2) is 72.8 Å². The van der Waals surface area contributed by atoms with E-state index in [1.165, 1.54) is 95.5 Å². The number of unbranched alkanes of at least 4 members (excludes halogenated alkanes) is 4. The Morgan fingerprint density at radius 1 is 0.571 bits per heavy atom. The first-order chi connectivity index (χ1) is 17.1. The summed E-state index contributed by atoms with van der Waals surface area (Å²) < 4.78 is 0. The van der Waals surface area contributed by atoms with Gasteiger partial charge in [-0.1, -0.05) is 125 Å². The molecule has 0 spiro atoms. The third-order valence-corrected chi connectivity index (χ3v) is 8.38. The Balaban J connectivity index is 1.71. The molecule has 0 heterocycles. The van der Waals surface area contributed by atoms with Crippen molar-refractivity contribution >= 4 is 10.8 Å². The van der Waals surface area contributed by atoms with Crippen LogP contribution in [0, 0.1) is 13.8 Å². The molecule has 0 aromatic heterocycles. The largest absolute Gasteiger partial charge is 0.0654 e. The number of rotatable bonds is 9. The van der Waals surface area contributed by atoms with Crippen LogP contribution < -0.4 is 0 Å². The van der Waals surface area contributed by atoms with Crippen molar-refractivity contribution in [3.63, 3.8) is 0 Å². The molecular formula is C35H40. The Hall–Kier alpha value is -2.86. The average Bonchev–Trinajstić information content (AvgIpc) is 3.13. The predicted octanol–water partition coefficient (Wildman–Crippen LogP) is 10.6. The number of hydrogen-bond acceptors (Lipinski definition) is 0. The van der Waals surface area contributed by atoms with Crippen LogP contribution in [0.1, 0.15) is 87.5 Å². The molecule has 35 heavy (non-hydrogen) atoms. The highest BCUT2D eigenvalue weighted by molar-refractivity contribution is 5.99. The van der Waals surface area contributed by atoms with Gasteiger partial charge in [-0.25, -0.2) is 0 Å². The summed E-state index contributed by atoms with van der Waals surface area (Å²) in [5.74, 6) is 0. The van der Waals surface area contributed by atoms with E-state index in [-0.39, 0.29) is 5.41 Å². The molecule has 0 saturated carbocycles. The lowest BCUT2D eigenvalue weighted by Crippen LogP contribution is -2.25. The van der Waals surface area contributed by atoms with E-state index in [4.69, 9.17) is 0 Å². The van der Waals surface area contributed by atoms with Crippen LogP contribution >= 0.6 is 0 Å². The summed E-state index contributed by atoms with van der Waals surface area (Å²) in [6.07, 6.45) is 10.3. The lowest BCUT2D eigenvalue weighted by atomic mass is 9.70. The zero-order valence-corrected chi connectivity index (χ0v) is 22.1. The van der Waals surface area contributed by atoms with Gasteiger partial charge in [0.1, 0.15) is 0 Å². The summed E-state index contributed by atoms with van der Waals surface area (Å²) in [5, 5.41) is 2.72. The lowest BCUT2D eigenvalue weighted by molar-refractivity contribution is 0.405. The zero-order chi connectivity index (χ0) is 24.4. The Morgan fingerprint density at radius 2 is 1.17 bits per heavy atom. The fourth-order valence-electron chi connectivity index (χ4n) is 6.50. The molecule has 0 radical (unpaired) electrons. The number of aryl methyl sites for hydroxylation is 2. The van der Waals surface area contributed by atoms with Crippen molar-refractivity contribution in [2.24, 2.45) is 0 Å². The van der Waals surface area contributed by atoms with Gasteiger partial charge in [0.15, 0.2) is 0 Å². The van der Waals surface area contributed by atoms with E-state index in [9.17, 15) is 0 Å². The Labute approximate surface area is 212 Å². The molecule has 0 atom stereocenters. The van der Waals surface area contributed by atoms with Crippen molar-refractivity contribution in [2.45, 2.75) is 84.5 Å². The fraction of sp³-hybridized carbons (Fsp3) is 0.371. The molecule has 0 saturated heterocycles. The summed E-state index contributed by atoms with van der Waals surface area (Å²) in [6.45, 7) is 9.13. The number of hydrogen-bond donors (Lipinski definition) is 0. The van der Waals surface area contributed by atoms with E-state index < -0.39 is 0 Å². The van der Waals surface area contributed by atoms with Crippen LogP contribution in [0.25, 0.3) is 33.0 Å². The van der Waals surface area contributed by atoms with Gasteiger partial charge in [0.05, 0.1) is 0 Å². The minimum atomic E-state index is 0.136.